The van der Waals surface area contributed by atoms with Gasteiger partial charge >= 0.3 is 0 Å². The normalized spacial score (nSPS) is 16.2. The Balaban J connectivity index is 1.29. The van der Waals surface area contributed by atoms with Crippen molar-refractivity contribution in [2.45, 2.75) is 63.8 Å². The molecule has 1 aromatic heterocycles. The number of amides is 1. The van der Waals surface area contributed by atoms with Gasteiger partial charge in [-0.05, 0) is 55.9 Å². The number of nitrogens with zero attached hydrogens (tertiary/aromatic N) is 3. The van der Waals surface area contributed by atoms with E-state index in [9.17, 15) is 4.79 Å². The van der Waals surface area contributed by atoms with E-state index in [1.807, 2.05) is 12.1 Å². The molecule has 6 N–H and O–H groups in total. The summed E-state index contributed by atoms with van der Waals surface area (Å²) in [6, 6.07) is 7.66. The predicted octanol–water partition coefficient (Wildman–Crippen LogP) is 3.68. The second kappa shape index (κ2) is 16.2. The van der Waals surface area contributed by atoms with Gasteiger partial charge in [0.2, 0.25) is 17.8 Å². The van der Waals surface area contributed by atoms with Crippen LogP contribution in [0.1, 0.15) is 68.1 Å². The highest BCUT2D eigenvalue weighted by molar-refractivity contribution is 5.94. The number of anilines is 4. The Hall–Kier alpha value is -3.02. The van der Waals surface area contributed by atoms with Crippen LogP contribution in [0.15, 0.2) is 24.3 Å². The van der Waals surface area contributed by atoms with E-state index < -0.39 is 0 Å². The van der Waals surface area contributed by atoms with Crippen LogP contribution in [0.2, 0.25) is 0 Å². The maximum atomic E-state index is 12.5. The Kier molecular flexibility index (Phi) is 12.0. The summed E-state index contributed by atoms with van der Waals surface area (Å²) < 4.78 is 10.7. The topological polar surface area (TPSA) is 148 Å². The first kappa shape index (κ1) is 29.0. The highest BCUT2D eigenvalue weighted by Gasteiger charge is 2.18. The number of carbonyl (C=O) groups excluding carboxylic acids is 1. The fraction of sp³-hybridized carbons (Fsp3) is 0.643. The van der Waals surface area contributed by atoms with E-state index in [-0.39, 0.29) is 5.91 Å². The smallest absolute Gasteiger partial charge is 0.251 e. The molecule has 0 spiro atoms. The second-order valence-corrected chi connectivity index (χ2v) is 10.3. The van der Waals surface area contributed by atoms with Crippen LogP contribution in [0, 0.1) is 5.92 Å². The van der Waals surface area contributed by atoms with Gasteiger partial charge in [0.15, 0.2) is 0 Å². The largest absolute Gasteiger partial charge is 0.378 e. The summed E-state index contributed by atoms with van der Waals surface area (Å²) in [5.41, 5.74) is 6.74. The first-order valence-electron chi connectivity index (χ1n) is 14.5. The van der Waals surface area contributed by atoms with Crippen molar-refractivity contribution < 1.29 is 14.3 Å². The molecule has 4 rings (SSSR count). The maximum absolute atomic E-state index is 12.5. The summed E-state index contributed by atoms with van der Waals surface area (Å²) in [6.07, 6.45) is 11.2. The van der Waals surface area contributed by atoms with Crippen molar-refractivity contribution in [3.05, 3.63) is 29.8 Å². The zero-order valence-electron chi connectivity index (χ0n) is 22.9. The number of hydrogen-bond acceptors (Lipinski definition) is 10. The molecule has 1 aromatic carbocycles. The molecule has 1 amide bonds. The molecule has 0 bridgehead atoms. The zero-order valence-corrected chi connectivity index (χ0v) is 22.9. The standard InChI is InChI=1S/C28H44N8O3/c29-14-16-38-18-19-39-17-15-30-25(37)22-10-12-24(13-11-22)33-28-35-26(31-20-21-6-2-1-3-7-21)34-27(36-28)32-23-8-4-5-9-23/h10-13,21,23H,1-9,14-20,29H2,(H,30,37)(H3,31,32,33,34,35,36). The summed E-state index contributed by atoms with van der Waals surface area (Å²) >= 11 is 0. The maximum Gasteiger partial charge on any atom is 0.251 e. The van der Waals surface area contributed by atoms with Crippen LogP contribution < -0.4 is 27.0 Å². The van der Waals surface area contributed by atoms with Crippen molar-refractivity contribution in [2.24, 2.45) is 11.7 Å². The number of ether oxygens (including phenoxy) is 2. The van der Waals surface area contributed by atoms with Crippen LogP contribution in [0.25, 0.3) is 0 Å². The van der Waals surface area contributed by atoms with Crippen molar-refractivity contribution in [1.29, 1.82) is 0 Å². The zero-order chi connectivity index (χ0) is 27.1. The molecule has 0 saturated heterocycles. The number of rotatable bonds is 16. The SMILES string of the molecule is NCCOCCOCCNC(=O)c1ccc(Nc2nc(NCC3CCCCC3)nc(NC3CCCC3)n2)cc1. The van der Waals surface area contributed by atoms with Gasteiger partial charge in [-0.15, -0.1) is 0 Å². The van der Waals surface area contributed by atoms with Crippen LogP contribution in [0.5, 0.6) is 0 Å². The van der Waals surface area contributed by atoms with Gasteiger partial charge in [0.05, 0.1) is 26.4 Å². The number of nitrogens with one attached hydrogen (secondary N) is 4. The van der Waals surface area contributed by atoms with E-state index in [1.165, 1.54) is 44.9 Å². The van der Waals surface area contributed by atoms with Gasteiger partial charge in [-0.2, -0.15) is 15.0 Å². The van der Waals surface area contributed by atoms with Gasteiger partial charge in [0, 0.05) is 36.9 Å². The fourth-order valence-corrected chi connectivity index (χ4v) is 5.03. The lowest BCUT2D eigenvalue weighted by atomic mass is 9.89. The average Bonchev–Trinajstić information content (AvgIpc) is 3.47. The molecule has 2 aliphatic carbocycles. The quantitative estimate of drug-likeness (QED) is 0.200. The molecule has 0 aliphatic heterocycles. The summed E-state index contributed by atoms with van der Waals surface area (Å²) in [7, 11) is 0. The van der Waals surface area contributed by atoms with Crippen molar-refractivity contribution in [3.63, 3.8) is 0 Å². The van der Waals surface area contributed by atoms with E-state index in [0.29, 0.717) is 74.9 Å². The number of aromatic nitrogens is 3. The minimum absolute atomic E-state index is 0.151. The van der Waals surface area contributed by atoms with Crippen LogP contribution >= 0.6 is 0 Å². The van der Waals surface area contributed by atoms with Crippen molar-refractivity contribution in [2.75, 3.05) is 62.0 Å². The highest BCUT2D eigenvalue weighted by Crippen LogP contribution is 2.25. The third-order valence-electron chi connectivity index (χ3n) is 7.17. The molecule has 0 radical (unpaired) electrons. The molecule has 0 atom stereocenters. The Morgan fingerprint density at radius 1 is 0.821 bits per heavy atom. The van der Waals surface area contributed by atoms with E-state index in [4.69, 9.17) is 15.2 Å². The molecule has 214 valence electrons. The van der Waals surface area contributed by atoms with Gasteiger partial charge in [0.1, 0.15) is 0 Å². The summed E-state index contributed by atoms with van der Waals surface area (Å²) in [5.74, 6) is 2.17. The molecule has 2 aromatic rings. The third-order valence-corrected chi connectivity index (χ3v) is 7.17. The van der Waals surface area contributed by atoms with Gasteiger partial charge in [-0.1, -0.05) is 32.1 Å². The Labute approximate surface area is 231 Å². The molecule has 11 heteroatoms. The first-order chi connectivity index (χ1) is 19.2. The molecule has 0 unspecified atom stereocenters. The minimum atomic E-state index is -0.151. The molecule has 1 heterocycles. The predicted molar refractivity (Wildman–Crippen MR) is 154 cm³/mol. The number of carbonyl (C=O) groups is 1. The molecular weight excluding hydrogens is 496 g/mol. The monoisotopic (exact) mass is 540 g/mol. The molecule has 2 saturated carbocycles. The summed E-state index contributed by atoms with van der Waals surface area (Å²) in [4.78, 5) is 26.4. The lowest BCUT2D eigenvalue weighted by Gasteiger charge is -2.22. The van der Waals surface area contributed by atoms with Crippen LogP contribution in [-0.2, 0) is 9.47 Å². The second-order valence-electron chi connectivity index (χ2n) is 10.3. The average molecular weight is 541 g/mol. The minimum Gasteiger partial charge on any atom is -0.378 e. The third kappa shape index (κ3) is 10.2. The van der Waals surface area contributed by atoms with Gasteiger partial charge in [0.25, 0.3) is 5.91 Å². The molecule has 39 heavy (non-hydrogen) atoms. The van der Waals surface area contributed by atoms with Crippen molar-refractivity contribution in [1.82, 2.24) is 20.3 Å². The van der Waals surface area contributed by atoms with E-state index in [2.05, 4.69) is 36.2 Å². The first-order valence-corrected chi connectivity index (χ1v) is 14.5. The van der Waals surface area contributed by atoms with Crippen LogP contribution in [-0.4, -0.2) is 73.0 Å². The van der Waals surface area contributed by atoms with Gasteiger partial charge < -0.3 is 36.5 Å². The lowest BCUT2D eigenvalue weighted by Crippen LogP contribution is -2.27. The van der Waals surface area contributed by atoms with Gasteiger partial charge in [-0.3, -0.25) is 4.79 Å². The number of nitrogens with two attached hydrogens (primary N) is 1. The fourth-order valence-electron chi connectivity index (χ4n) is 5.03. The van der Waals surface area contributed by atoms with Crippen LogP contribution in [0.4, 0.5) is 23.5 Å². The van der Waals surface area contributed by atoms with Crippen molar-refractivity contribution >= 4 is 29.4 Å². The molecule has 2 fully saturated rings. The van der Waals surface area contributed by atoms with E-state index >= 15 is 0 Å². The van der Waals surface area contributed by atoms with Crippen molar-refractivity contribution in [3.8, 4) is 0 Å². The Bertz CT molecular complexity index is 995. The highest BCUT2D eigenvalue weighted by atomic mass is 16.5. The summed E-state index contributed by atoms with van der Waals surface area (Å²) in [6.45, 7) is 3.72. The number of hydrogen-bond donors (Lipinski definition) is 5. The lowest BCUT2D eigenvalue weighted by molar-refractivity contribution is 0.0511. The van der Waals surface area contributed by atoms with E-state index in [1.54, 1.807) is 12.1 Å². The molecular formula is C28H44N8O3. The van der Waals surface area contributed by atoms with E-state index in [0.717, 1.165) is 25.1 Å². The molecule has 11 nitrogen and oxygen atoms in total. The number of benzene rings is 1. The molecule has 2 aliphatic rings. The summed E-state index contributed by atoms with van der Waals surface area (Å²) in [5, 5.41) is 13.1. The Morgan fingerprint density at radius 2 is 1.49 bits per heavy atom. The van der Waals surface area contributed by atoms with Crippen LogP contribution in [0.3, 0.4) is 0 Å². The Morgan fingerprint density at radius 3 is 2.23 bits per heavy atom. The van der Waals surface area contributed by atoms with Gasteiger partial charge in [-0.25, -0.2) is 0 Å².